The Labute approximate surface area is 154 Å². The maximum absolute atomic E-state index is 12.5. The van der Waals surface area contributed by atoms with E-state index in [9.17, 15) is 4.79 Å². The number of aryl methyl sites for hydroxylation is 2. The van der Waals surface area contributed by atoms with Crippen LogP contribution in [0.4, 0.5) is 0 Å². The molecular formula is C19H27N3O4. The molecule has 1 heterocycles. The quantitative estimate of drug-likeness (QED) is 0.782. The Morgan fingerprint density at radius 1 is 1.12 bits per heavy atom. The molecule has 0 fully saturated rings. The van der Waals surface area contributed by atoms with Crippen molar-refractivity contribution in [1.29, 1.82) is 0 Å². The van der Waals surface area contributed by atoms with Crippen molar-refractivity contribution in [2.24, 2.45) is 5.92 Å². The molecule has 0 aliphatic carbocycles. The van der Waals surface area contributed by atoms with Gasteiger partial charge in [0, 0.05) is 24.3 Å². The molecule has 1 amide bonds. The number of carbonyl (C=O) groups is 1. The van der Waals surface area contributed by atoms with Crippen LogP contribution in [-0.4, -0.2) is 43.6 Å². The lowest BCUT2D eigenvalue weighted by atomic mass is 10.1. The van der Waals surface area contributed by atoms with E-state index < -0.39 is 0 Å². The molecule has 0 bridgehead atoms. The highest BCUT2D eigenvalue weighted by Gasteiger charge is 2.17. The molecule has 0 saturated heterocycles. The summed E-state index contributed by atoms with van der Waals surface area (Å²) < 4.78 is 17.8. The summed E-state index contributed by atoms with van der Waals surface area (Å²) in [7, 11) is 4.58. The first-order valence-corrected chi connectivity index (χ1v) is 8.48. The Bertz CT molecular complexity index is 745. The minimum Gasteiger partial charge on any atom is -0.493 e. The van der Waals surface area contributed by atoms with E-state index >= 15 is 0 Å². The molecule has 26 heavy (non-hydrogen) atoms. The van der Waals surface area contributed by atoms with E-state index in [1.54, 1.807) is 12.1 Å². The summed E-state index contributed by atoms with van der Waals surface area (Å²) in [5.41, 5.74) is 2.57. The predicted octanol–water partition coefficient (Wildman–Crippen LogP) is 2.59. The van der Waals surface area contributed by atoms with Crippen molar-refractivity contribution in [3.05, 3.63) is 35.2 Å². The van der Waals surface area contributed by atoms with Crippen LogP contribution in [0, 0.1) is 19.8 Å². The third-order valence-corrected chi connectivity index (χ3v) is 4.13. The van der Waals surface area contributed by atoms with Crippen molar-refractivity contribution in [3.63, 3.8) is 0 Å². The van der Waals surface area contributed by atoms with Gasteiger partial charge in [-0.25, -0.2) is 0 Å². The summed E-state index contributed by atoms with van der Waals surface area (Å²) in [4.78, 5) is 12.5. The van der Waals surface area contributed by atoms with Crippen LogP contribution < -0.4 is 19.5 Å². The molecule has 0 spiro atoms. The van der Waals surface area contributed by atoms with Crippen LogP contribution in [0.2, 0.25) is 0 Å². The van der Waals surface area contributed by atoms with Crippen molar-refractivity contribution in [2.75, 3.05) is 27.9 Å². The number of nitrogens with zero attached hydrogens (tertiary/aromatic N) is 2. The Hall–Kier alpha value is -2.70. The molecule has 2 rings (SSSR count). The maximum Gasteiger partial charge on any atom is 0.251 e. The minimum absolute atomic E-state index is 0.190. The highest BCUT2D eigenvalue weighted by Crippen LogP contribution is 2.38. The van der Waals surface area contributed by atoms with Gasteiger partial charge >= 0.3 is 0 Å². The molecule has 1 atom stereocenters. The number of ether oxygens (including phenoxy) is 3. The molecule has 0 radical (unpaired) electrons. The average Bonchev–Trinajstić information content (AvgIpc) is 2.95. The van der Waals surface area contributed by atoms with Gasteiger partial charge in [0.05, 0.1) is 27.0 Å². The van der Waals surface area contributed by atoms with Gasteiger partial charge in [-0.15, -0.1) is 0 Å². The molecule has 0 unspecified atom stereocenters. The number of rotatable bonds is 8. The summed E-state index contributed by atoms with van der Waals surface area (Å²) in [6, 6.07) is 5.33. The standard InChI is InChI=1S/C19H27N3O4/c1-12(11-22-14(3)7-13(2)21-22)10-20-19(23)15-8-16(24-4)18(26-6)17(9-15)25-5/h7-9,12H,10-11H2,1-6H3,(H,20,23)/t12-/m1/s1. The second-order valence-corrected chi connectivity index (χ2v) is 6.34. The summed E-state index contributed by atoms with van der Waals surface area (Å²) >= 11 is 0. The second-order valence-electron chi connectivity index (χ2n) is 6.34. The first-order chi connectivity index (χ1) is 12.4. The smallest absolute Gasteiger partial charge is 0.251 e. The number of amides is 1. The monoisotopic (exact) mass is 361 g/mol. The van der Waals surface area contributed by atoms with Crippen LogP contribution in [0.15, 0.2) is 18.2 Å². The normalized spacial score (nSPS) is 11.8. The third kappa shape index (κ3) is 4.47. The van der Waals surface area contributed by atoms with Crippen molar-refractivity contribution in [1.82, 2.24) is 15.1 Å². The van der Waals surface area contributed by atoms with Crippen molar-refractivity contribution in [3.8, 4) is 17.2 Å². The first kappa shape index (κ1) is 19.6. The van der Waals surface area contributed by atoms with Crippen molar-refractivity contribution < 1.29 is 19.0 Å². The van der Waals surface area contributed by atoms with E-state index in [2.05, 4.69) is 17.3 Å². The largest absolute Gasteiger partial charge is 0.493 e. The van der Waals surface area contributed by atoms with Gasteiger partial charge in [-0.2, -0.15) is 5.10 Å². The maximum atomic E-state index is 12.5. The molecule has 1 aromatic heterocycles. The zero-order chi connectivity index (χ0) is 19.3. The third-order valence-electron chi connectivity index (χ3n) is 4.13. The lowest BCUT2D eigenvalue weighted by Gasteiger charge is -2.16. The fourth-order valence-corrected chi connectivity index (χ4v) is 2.80. The number of aromatic nitrogens is 2. The SMILES string of the molecule is COc1cc(C(=O)NC[C@@H](C)Cn2nc(C)cc2C)cc(OC)c1OC. The highest BCUT2D eigenvalue weighted by atomic mass is 16.5. The number of nitrogens with one attached hydrogen (secondary N) is 1. The molecule has 2 aromatic rings. The average molecular weight is 361 g/mol. The van der Waals surface area contributed by atoms with Crippen LogP contribution >= 0.6 is 0 Å². The van der Waals surface area contributed by atoms with Crippen LogP contribution in [0.3, 0.4) is 0 Å². The van der Waals surface area contributed by atoms with Crippen molar-refractivity contribution >= 4 is 5.91 Å². The summed E-state index contributed by atoms with van der Waals surface area (Å²) in [5.74, 6) is 1.41. The fourth-order valence-electron chi connectivity index (χ4n) is 2.80. The zero-order valence-corrected chi connectivity index (χ0v) is 16.3. The molecule has 1 N–H and O–H groups in total. The lowest BCUT2D eigenvalue weighted by molar-refractivity contribution is 0.0945. The van der Waals surface area contributed by atoms with Crippen molar-refractivity contribution in [2.45, 2.75) is 27.3 Å². The molecule has 7 nitrogen and oxygen atoms in total. The number of methoxy groups -OCH3 is 3. The van der Waals surface area contributed by atoms with E-state index in [-0.39, 0.29) is 11.8 Å². The summed E-state index contributed by atoms with van der Waals surface area (Å²) in [5, 5.41) is 7.41. The van der Waals surface area contributed by atoms with E-state index in [1.165, 1.54) is 21.3 Å². The van der Waals surface area contributed by atoms with Gasteiger partial charge in [-0.05, 0) is 38.0 Å². The molecule has 142 valence electrons. The van der Waals surface area contributed by atoms with E-state index in [4.69, 9.17) is 14.2 Å². The van der Waals surface area contributed by atoms with Crippen LogP contribution in [-0.2, 0) is 6.54 Å². The minimum atomic E-state index is -0.190. The molecule has 1 aromatic carbocycles. The van der Waals surface area contributed by atoms with E-state index in [1.807, 2.05) is 24.6 Å². The molecule has 0 saturated carbocycles. The zero-order valence-electron chi connectivity index (χ0n) is 16.3. The van der Waals surface area contributed by atoms with Gasteiger partial charge in [0.1, 0.15) is 0 Å². The van der Waals surface area contributed by atoms with Gasteiger partial charge in [-0.3, -0.25) is 9.48 Å². The summed E-state index contributed by atoms with van der Waals surface area (Å²) in [6.07, 6.45) is 0. The molecular weight excluding hydrogens is 334 g/mol. The van der Waals surface area contributed by atoms with E-state index in [0.29, 0.717) is 29.4 Å². The fraction of sp³-hybridized carbons (Fsp3) is 0.474. The lowest BCUT2D eigenvalue weighted by Crippen LogP contribution is -2.30. The number of hydrogen-bond donors (Lipinski definition) is 1. The van der Waals surface area contributed by atoms with E-state index in [0.717, 1.165) is 17.9 Å². The molecule has 0 aliphatic rings. The first-order valence-electron chi connectivity index (χ1n) is 8.48. The molecule has 7 heteroatoms. The Morgan fingerprint density at radius 2 is 1.73 bits per heavy atom. The Morgan fingerprint density at radius 3 is 2.19 bits per heavy atom. The number of hydrogen-bond acceptors (Lipinski definition) is 5. The van der Waals surface area contributed by atoms with Crippen LogP contribution in [0.1, 0.15) is 28.7 Å². The topological polar surface area (TPSA) is 74.6 Å². The van der Waals surface area contributed by atoms with Crippen LogP contribution in [0.5, 0.6) is 17.2 Å². The second kappa shape index (κ2) is 8.60. The predicted molar refractivity (Wildman–Crippen MR) is 99.3 cm³/mol. The van der Waals surface area contributed by atoms with Gasteiger partial charge < -0.3 is 19.5 Å². The Balaban J connectivity index is 2.04. The highest BCUT2D eigenvalue weighted by molar-refractivity contribution is 5.95. The summed E-state index contributed by atoms with van der Waals surface area (Å²) in [6.45, 7) is 7.36. The molecule has 0 aliphatic heterocycles. The number of carbonyl (C=O) groups excluding carboxylic acids is 1. The van der Waals surface area contributed by atoms with Crippen LogP contribution in [0.25, 0.3) is 0 Å². The van der Waals surface area contributed by atoms with Gasteiger partial charge in [-0.1, -0.05) is 6.92 Å². The van der Waals surface area contributed by atoms with Gasteiger partial charge in [0.25, 0.3) is 5.91 Å². The number of benzene rings is 1. The Kier molecular flexibility index (Phi) is 6.49. The van der Waals surface area contributed by atoms with Gasteiger partial charge in [0.15, 0.2) is 11.5 Å². The van der Waals surface area contributed by atoms with Gasteiger partial charge in [0.2, 0.25) is 5.75 Å².